The number of thiazole rings is 1. The van der Waals surface area contributed by atoms with E-state index < -0.39 is 23.1 Å². The minimum absolute atomic E-state index is 0.187. The maximum atomic E-state index is 13.5. The highest BCUT2D eigenvalue weighted by Gasteiger charge is 2.34. The summed E-state index contributed by atoms with van der Waals surface area (Å²) in [7, 11) is 0. The summed E-state index contributed by atoms with van der Waals surface area (Å²) in [5, 5.41) is 17.2. The van der Waals surface area contributed by atoms with Crippen LogP contribution in [0.1, 0.15) is 23.7 Å². The Kier molecular flexibility index (Phi) is 8.73. The van der Waals surface area contributed by atoms with Gasteiger partial charge >= 0.3 is 5.97 Å². The third-order valence-corrected chi connectivity index (χ3v) is 8.63. The van der Waals surface area contributed by atoms with Gasteiger partial charge in [-0.25, -0.2) is 4.98 Å². The van der Waals surface area contributed by atoms with Gasteiger partial charge in [-0.15, -0.1) is 23.1 Å². The van der Waals surface area contributed by atoms with Crippen molar-refractivity contribution in [2.45, 2.75) is 23.0 Å². The molecule has 0 aliphatic heterocycles. The molecule has 0 saturated heterocycles. The lowest BCUT2D eigenvalue weighted by Gasteiger charge is -2.24. The van der Waals surface area contributed by atoms with E-state index in [-0.39, 0.29) is 11.8 Å². The van der Waals surface area contributed by atoms with Gasteiger partial charge in [0.15, 0.2) is 5.13 Å². The summed E-state index contributed by atoms with van der Waals surface area (Å²) in [5.41, 5.74) is 3.22. The lowest BCUT2D eigenvalue weighted by atomic mass is 9.82. The first-order valence-corrected chi connectivity index (χ1v) is 14.6. The Morgan fingerprint density at radius 1 is 0.850 bits per heavy atom. The first-order valence-electron chi connectivity index (χ1n) is 12.8. The Morgan fingerprint density at radius 2 is 1.50 bits per heavy atom. The molecule has 0 radical (unpaired) electrons. The molecule has 0 fully saturated rings. The molecular formula is C31H27N3O4S2. The van der Waals surface area contributed by atoms with Gasteiger partial charge in [0.1, 0.15) is 5.25 Å². The Hall–Kier alpha value is -4.21. The molecule has 3 unspecified atom stereocenters. The van der Waals surface area contributed by atoms with Crippen LogP contribution in [0.3, 0.4) is 0 Å². The van der Waals surface area contributed by atoms with Crippen molar-refractivity contribution in [1.82, 2.24) is 4.98 Å². The van der Waals surface area contributed by atoms with E-state index in [4.69, 9.17) is 0 Å². The maximum absolute atomic E-state index is 13.5. The van der Waals surface area contributed by atoms with Crippen molar-refractivity contribution in [1.29, 1.82) is 0 Å². The molecule has 4 aromatic rings. The molecule has 202 valence electrons. The van der Waals surface area contributed by atoms with Crippen molar-refractivity contribution in [2.24, 2.45) is 11.8 Å². The van der Waals surface area contributed by atoms with Gasteiger partial charge in [0, 0.05) is 21.5 Å². The zero-order valence-corrected chi connectivity index (χ0v) is 23.0. The molecule has 3 atom stereocenters. The predicted molar refractivity (Wildman–Crippen MR) is 159 cm³/mol. The molecule has 1 aromatic heterocycles. The summed E-state index contributed by atoms with van der Waals surface area (Å²) >= 11 is 2.78. The van der Waals surface area contributed by atoms with Crippen LogP contribution < -0.4 is 10.6 Å². The number of amides is 2. The SMILES string of the molecule is O=C(Nc1nc(-c2ccccc2)cs1)C(Sc1ccc(NC(=O)C2CC=CCC2C(=O)O)cc1)c1ccccc1. The monoisotopic (exact) mass is 569 g/mol. The number of aliphatic carboxylic acids is 1. The van der Waals surface area contributed by atoms with Gasteiger partial charge in [-0.1, -0.05) is 72.8 Å². The molecule has 1 aliphatic carbocycles. The van der Waals surface area contributed by atoms with Crippen LogP contribution in [-0.2, 0) is 14.4 Å². The molecule has 2 amide bonds. The van der Waals surface area contributed by atoms with Crippen LogP contribution in [0.5, 0.6) is 0 Å². The largest absolute Gasteiger partial charge is 0.481 e. The topological polar surface area (TPSA) is 108 Å². The van der Waals surface area contributed by atoms with Crippen LogP contribution in [0, 0.1) is 11.8 Å². The molecule has 0 bridgehead atoms. The van der Waals surface area contributed by atoms with E-state index in [1.165, 1.54) is 23.1 Å². The summed E-state index contributed by atoms with van der Waals surface area (Å²) in [5.74, 6) is -2.80. The number of carboxylic acids is 1. The minimum atomic E-state index is -0.962. The summed E-state index contributed by atoms with van der Waals surface area (Å²) in [6.07, 6.45) is 4.41. The second-order valence-electron chi connectivity index (χ2n) is 9.31. The Labute approximate surface area is 240 Å². The third kappa shape index (κ3) is 6.67. The molecule has 1 aliphatic rings. The highest BCUT2D eigenvalue weighted by atomic mass is 32.2. The van der Waals surface area contributed by atoms with Crippen LogP contribution in [0.4, 0.5) is 10.8 Å². The fourth-order valence-corrected chi connectivity index (χ4v) is 6.26. The number of carboxylic acid groups (broad SMARTS) is 1. The summed E-state index contributed by atoms with van der Waals surface area (Å²) < 4.78 is 0. The lowest BCUT2D eigenvalue weighted by Crippen LogP contribution is -2.34. The Balaban J connectivity index is 1.28. The second kappa shape index (κ2) is 12.8. The first kappa shape index (κ1) is 27.4. The van der Waals surface area contributed by atoms with Crippen molar-refractivity contribution < 1.29 is 19.5 Å². The highest BCUT2D eigenvalue weighted by molar-refractivity contribution is 8.00. The normalized spacial score (nSPS) is 17.1. The summed E-state index contributed by atoms with van der Waals surface area (Å²) in [6, 6.07) is 26.6. The average Bonchev–Trinajstić information content (AvgIpc) is 3.46. The summed E-state index contributed by atoms with van der Waals surface area (Å²) in [6.45, 7) is 0. The smallest absolute Gasteiger partial charge is 0.307 e. The van der Waals surface area contributed by atoms with Crippen LogP contribution in [-0.4, -0.2) is 27.9 Å². The number of carbonyl (C=O) groups excluding carboxylic acids is 2. The van der Waals surface area contributed by atoms with Gasteiger partial charge in [0.05, 0.1) is 17.5 Å². The van der Waals surface area contributed by atoms with Gasteiger partial charge in [-0.05, 0) is 42.7 Å². The van der Waals surface area contributed by atoms with Crippen molar-refractivity contribution in [2.75, 3.05) is 10.6 Å². The van der Waals surface area contributed by atoms with Crippen LogP contribution >= 0.6 is 23.1 Å². The molecule has 5 rings (SSSR count). The van der Waals surface area contributed by atoms with E-state index in [1.807, 2.05) is 90.3 Å². The summed E-state index contributed by atoms with van der Waals surface area (Å²) in [4.78, 5) is 43.3. The molecular weight excluding hydrogens is 542 g/mol. The van der Waals surface area contributed by atoms with Gasteiger partial charge < -0.3 is 15.7 Å². The molecule has 3 N–H and O–H groups in total. The standard InChI is InChI=1S/C31H27N3O4S2/c35-28(24-13-7-8-14-25(24)30(37)38)32-22-15-17-23(18-16-22)40-27(21-11-5-2-6-12-21)29(36)34-31-33-26(19-39-31)20-9-3-1-4-10-20/h1-12,15-19,24-25,27H,13-14H2,(H,32,35)(H,37,38)(H,33,34,36). The number of rotatable bonds is 9. The number of nitrogens with zero attached hydrogens (tertiary/aromatic N) is 1. The maximum Gasteiger partial charge on any atom is 0.307 e. The Bertz CT molecular complexity index is 1500. The number of aromatic nitrogens is 1. The van der Waals surface area contributed by atoms with Crippen LogP contribution in [0.2, 0.25) is 0 Å². The van der Waals surface area contributed by atoms with Gasteiger partial charge in [0.25, 0.3) is 0 Å². The van der Waals surface area contributed by atoms with Gasteiger partial charge in [0.2, 0.25) is 11.8 Å². The van der Waals surface area contributed by atoms with E-state index in [9.17, 15) is 19.5 Å². The van der Waals surface area contributed by atoms with Crippen LogP contribution in [0.25, 0.3) is 11.3 Å². The zero-order chi connectivity index (χ0) is 27.9. The van der Waals surface area contributed by atoms with E-state index in [0.717, 1.165) is 21.7 Å². The number of benzene rings is 3. The second-order valence-corrected chi connectivity index (χ2v) is 11.3. The van der Waals surface area contributed by atoms with E-state index in [1.54, 1.807) is 12.1 Å². The number of allylic oxidation sites excluding steroid dienone is 2. The van der Waals surface area contributed by atoms with Crippen molar-refractivity contribution in [3.63, 3.8) is 0 Å². The number of anilines is 2. The number of hydrogen-bond acceptors (Lipinski definition) is 6. The molecule has 0 spiro atoms. The van der Waals surface area contributed by atoms with Gasteiger partial charge in [-0.2, -0.15) is 0 Å². The lowest BCUT2D eigenvalue weighted by molar-refractivity contribution is -0.146. The number of thioether (sulfide) groups is 1. The fraction of sp³-hybridized carbons (Fsp3) is 0.161. The third-order valence-electron chi connectivity index (χ3n) is 6.61. The van der Waals surface area contributed by atoms with Crippen molar-refractivity contribution in [3.05, 3.63) is 108 Å². The average molecular weight is 570 g/mol. The van der Waals surface area contributed by atoms with Crippen molar-refractivity contribution >= 4 is 51.7 Å². The molecule has 3 aromatic carbocycles. The fourth-order valence-electron chi connectivity index (χ4n) is 4.51. The van der Waals surface area contributed by atoms with Crippen molar-refractivity contribution in [3.8, 4) is 11.3 Å². The molecule has 9 heteroatoms. The number of nitrogens with one attached hydrogen (secondary N) is 2. The Morgan fingerprint density at radius 3 is 2.17 bits per heavy atom. The minimum Gasteiger partial charge on any atom is -0.481 e. The quantitative estimate of drug-likeness (QED) is 0.150. The van der Waals surface area contributed by atoms with Gasteiger partial charge in [-0.3, -0.25) is 14.4 Å². The zero-order valence-electron chi connectivity index (χ0n) is 21.4. The highest BCUT2D eigenvalue weighted by Crippen LogP contribution is 2.37. The molecule has 1 heterocycles. The van der Waals surface area contributed by atoms with E-state index in [0.29, 0.717) is 23.7 Å². The molecule has 7 nitrogen and oxygen atoms in total. The van der Waals surface area contributed by atoms with E-state index >= 15 is 0 Å². The first-order chi connectivity index (χ1) is 19.5. The van der Waals surface area contributed by atoms with E-state index in [2.05, 4.69) is 15.6 Å². The predicted octanol–water partition coefficient (Wildman–Crippen LogP) is 6.89. The molecule has 40 heavy (non-hydrogen) atoms. The number of hydrogen-bond donors (Lipinski definition) is 3. The van der Waals surface area contributed by atoms with Crippen LogP contribution in [0.15, 0.2) is 107 Å². The molecule has 0 saturated carbocycles. The number of carbonyl (C=O) groups is 3.